The second kappa shape index (κ2) is 7.91. The second-order valence-corrected chi connectivity index (χ2v) is 7.95. The van der Waals surface area contributed by atoms with Crippen molar-refractivity contribution in [2.24, 2.45) is 0 Å². The fraction of sp³-hybridized carbons (Fsp3) is 0.381. The van der Waals surface area contributed by atoms with Gasteiger partial charge >= 0.3 is 0 Å². The Hall–Kier alpha value is -2.80. The summed E-state index contributed by atoms with van der Waals surface area (Å²) >= 11 is 6.20. The number of nitrogens with one attached hydrogen (secondary N) is 2. The lowest BCUT2D eigenvalue weighted by Crippen LogP contribution is -2.30. The molecule has 0 spiro atoms. The van der Waals surface area contributed by atoms with Crippen LogP contribution in [0.1, 0.15) is 36.2 Å². The second-order valence-electron chi connectivity index (χ2n) is 7.51. The van der Waals surface area contributed by atoms with Crippen LogP contribution in [0, 0.1) is 13.8 Å². The van der Waals surface area contributed by atoms with Gasteiger partial charge in [-0.25, -0.2) is 9.50 Å². The van der Waals surface area contributed by atoms with Crippen molar-refractivity contribution in [3.8, 4) is 0 Å². The molecule has 1 fully saturated rings. The van der Waals surface area contributed by atoms with E-state index in [1.54, 1.807) is 10.6 Å². The Morgan fingerprint density at radius 2 is 1.97 bits per heavy atom. The van der Waals surface area contributed by atoms with E-state index in [2.05, 4.69) is 20.3 Å². The average Bonchev–Trinajstić information content (AvgIpc) is 3.06. The highest BCUT2D eigenvalue weighted by atomic mass is 35.5. The lowest BCUT2D eigenvalue weighted by molar-refractivity contribution is -0.115. The van der Waals surface area contributed by atoms with Gasteiger partial charge < -0.3 is 10.2 Å². The number of amides is 1. The van der Waals surface area contributed by atoms with Crippen LogP contribution in [0.5, 0.6) is 0 Å². The number of piperidine rings is 1. The third kappa shape index (κ3) is 4.00. The number of carbonyl (C=O) groups excluding carboxylic acids is 1. The predicted molar refractivity (Wildman–Crippen MR) is 115 cm³/mol. The highest BCUT2D eigenvalue weighted by molar-refractivity contribution is 6.31. The zero-order valence-corrected chi connectivity index (χ0v) is 17.3. The first kappa shape index (κ1) is 19.5. The van der Waals surface area contributed by atoms with Gasteiger partial charge in [-0.2, -0.15) is 0 Å². The number of aromatic nitrogens is 3. The normalized spacial score (nSPS) is 14.4. The van der Waals surface area contributed by atoms with Gasteiger partial charge in [0.15, 0.2) is 5.65 Å². The van der Waals surface area contributed by atoms with Crippen molar-refractivity contribution in [1.29, 1.82) is 0 Å². The minimum Gasteiger partial charge on any atom is -0.370 e. The summed E-state index contributed by atoms with van der Waals surface area (Å²) in [5.74, 6) is -0.146. The van der Waals surface area contributed by atoms with Crippen molar-refractivity contribution < 1.29 is 4.79 Å². The van der Waals surface area contributed by atoms with Gasteiger partial charge in [0.05, 0.1) is 17.8 Å². The smallest absolute Gasteiger partial charge is 0.266 e. The molecule has 8 heteroatoms. The third-order valence-electron chi connectivity index (χ3n) is 5.47. The summed E-state index contributed by atoms with van der Waals surface area (Å²) in [5.41, 5.74) is 4.39. The molecule has 3 aromatic rings. The summed E-state index contributed by atoms with van der Waals surface area (Å²) in [5, 5.41) is 6.34. The van der Waals surface area contributed by atoms with E-state index in [1.165, 1.54) is 12.5 Å². The molecule has 0 unspecified atom stereocenters. The van der Waals surface area contributed by atoms with E-state index in [-0.39, 0.29) is 17.9 Å². The maximum atomic E-state index is 12.9. The van der Waals surface area contributed by atoms with Gasteiger partial charge in [0.2, 0.25) is 5.91 Å². The van der Waals surface area contributed by atoms with E-state index in [0.29, 0.717) is 10.7 Å². The van der Waals surface area contributed by atoms with Crippen molar-refractivity contribution in [3.63, 3.8) is 0 Å². The molecular weight excluding hydrogens is 390 g/mol. The average molecular weight is 414 g/mol. The van der Waals surface area contributed by atoms with Crippen molar-refractivity contribution in [1.82, 2.24) is 14.6 Å². The van der Waals surface area contributed by atoms with Gasteiger partial charge in [0, 0.05) is 41.1 Å². The summed E-state index contributed by atoms with van der Waals surface area (Å²) in [4.78, 5) is 31.3. The van der Waals surface area contributed by atoms with Gasteiger partial charge in [-0.1, -0.05) is 11.6 Å². The molecule has 0 saturated carbocycles. The van der Waals surface area contributed by atoms with E-state index in [0.717, 1.165) is 54.3 Å². The summed E-state index contributed by atoms with van der Waals surface area (Å²) in [6.07, 6.45) is 3.69. The summed E-state index contributed by atoms with van der Waals surface area (Å²) < 4.78 is 1.62. The number of aryl methyl sites for hydroxylation is 2. The molecule has 1 amide bonds. The van der Waals surface area contributed by atoms with Crippen LogP contribution in [-0.4, -0.2) is 33.6 Å². The molecule has 0 bridgehead atoms. The number of benzene rings is 1. The van der Waals surface area contributed by atoms with Gasteiger partial charge in [-0.05, 0) is 51.3 Å². The monoisotopic (exact) mass is 413 g/mol. The molecule has 1 aliphatic heterocycles. The number of nitrogens with zero attached hydrogens (tertiary/aromatic N) is 3. The number of H-pyrrole nitrogens is 1. The Morgan fingerprint density at radius 1 is 1.21 bits per heavy atom. The minimum atomic E-state index is -0.216. The van der Waals surface area contributed by atoms with Crippen LogP contribution < -0.4 is 15.8 Å². The highest BCUT2D eigenvalue weighted by Gasteiger charge is 2.18. The number of hydrogen-bond acceptors (Lipinski definition) is 4. The number of fused-ring (bicyclic) bond motifs is 1. The topological polar surface area (TPSA) is 82.5 Å². The number of rotatable bonds is 4. The lowest BCUT2D eigenvalue weighted by atomic mass is 10.1. The van der Waals surface area contributed by atoms with Gasteiger partial charge in [0.25, 0.3) is 5.56 Å². The number of anilines is 2. The molecule has 152 valence electrons. The Labute approximate surface area is 173 Å². The molecule has 2 N–H and O–H groups in total. The van der Waals surface area contributed by atoms with Crippen molar-refractivity contribution in [2.45, 2.75) is 39.5 Å². The largest absolute Gasteiger partial charge is 0.370 e. The molecule has 0 radical (unpaired) electrons. The molecule has 0 aliphatic carbocycles. The summed E-state index contributed by atoms with van der Waals surface area (Å²) in [6.45, 7) is 5.68. The first-order valence-corrected chi connectivity index (χ1v) is 10.2. The SMILES string of the molecule is Cc1nc2cc(=O)[nH]n2c(C)c1CC(=O)Nc1cc(Cl)ccc1N1CCCCC1. The maximum absolute atomic E-state index is 12.9. The van der Waals surface area contributed by atoms with Crippen LogP contribution in [0.2, 0.25) is 5.02 Å². The molecule has 1 aliphatic rings. The van der Waals surface area contributed by atoms with E-state index >= 15 is 0 Å². The third-order valence-corrected chi connectivity index (χ3v) is 5.70. The summed E-state index contributed by atoms with van der Waals surface area (Å²) in [6, 6.07) is 7.07. The zero-order valence-electron chi connectivity index (χ0n) is 16.6. The van der Waals surface area contributed by atoms with Crippen LogP contribution in [0.25, 0.3) is 5.65 Å². The van der Waals surface area contributed by atoms with Crippen LogP contribution in [0.4, 0.5) is 11.4 Å². The molecule has 4 rings (SSSR count). The lowest BCUT2D eigenvalue weighted by Gasteiger charge is -2.30. The molecule has 3 heterocycles. The van der Waals surface area contributed by atoms with E-state index in [9.17, 15) is 9.59 Å². The molecular formula is C21H24ClN5O2. The fourth-order valence-corrected chi connectivity index (χ4v) is 4.16. The van der Waals surface area contributed by atoms with Crippen LogP contribution in [-0.2, 0) is 11.2 Å². The van der Waals surface area contributed by atoms with Crippen molar-refractivity contribution in [2.75, 3.05) is 23.3 Å². The number of aromatic amines is 1. The molecule has 7 nitrogen and oxygen atoms in total. The predicted octanol–water partition coefficient (Wildman–Crippen LogP) is 3.46. The van der Waals surface area contributed by atoms with Crippen molar-refractivity contribution >= 4 is 34.5 Å². The van der Waals surface area contributed by atoms with Crippen molar-refractivity contribution in [3.05, 3.63) is 56.6 Å². The Kier molecular flexibility index (Phi) is 5.32. The van der Waals surface area contributed by atoms with E-state index in [1.807, 2.05) is 26.0 Å². The standard InChI is InChI=1S/C21H24ClN5O2/c1-13-16(14(2)27-19(23-13)12-21(29)25-27)11-20(28)24-17-10-15(22)6-7-18(17)26-8-4-3-5-9-26/h6-7,10,12H,3-5,8-9,11H2,1-2H3,(H,24,28)(H,25,29). The Bertz CT molecular complexity index is 1130. The number of halogens is 1. The molecule has 0 atom stereocenters. The highest BCUT2D eigenvalue weighted by Crippen LogP contribution is 2.31. The van der Waals surface area contributed by atoms with E-state index < -0.39 is 0 Å². The fourth-order valence-electron chi connectivity index (χ4n) is 3.99. The van der Waals surface area contributed by atoms with Gasteiger partial charge in [-0.3, -0.25) is 14.7 Å². The first-order chi connectivity index (χ1) is 13.9. The quantitative estimate of drug-likeness (QED) is 0.686. The van der Waals surface area contributed by atoms with Crippen LogP contribution >= 0.6 is 11.6 Å². The van der Waals surface area contributed by atoms with Gasteiger partial charge in [-0.15, -0.1) is 0 Å². The summed E-state index contributed by atoms with van der Waals surface area (Å²) in [7, 11) is 0. The van der Waals surface area contributed by atoms with E-state index in [4.69, 9.17) is 11.6 Å². The van der Waals surface area contributed by atoms with Gasteiger partial charge in [0.1, 0.15) is 0 Å². The Balaban J connectivity index is 1.60. The van der Waals surface area contributed by atoms with Crippen LogP contribution in [0.3, 0.4) is 0 Å². The molecule has 29 heavy (non-hydrogen) atoms. The molecule has 1 saturated heterocycles. The zero-order chi connectivity index (χ0) is 20.5. The number of carbonyl (C=O) groups is 1. The minimum absolute atomic E-state index is 0.146. The van der Waals surface area contributed by atoms with Crippen LogP contribution in [0.15, 0.2) is 29.1 Å². The molecule has 2 aromatic heterocycles. The first-order valence-electron chi connectivity index (χ1n) is 9.84. The Morgan fingerprint density at radius 3 is 2.72 bits per heavy atom. The maximum Gasteiger partial charge on any atom is 0.266 e. The number of hydrogen-bond donors (Lipinski definition) is 2. The molecule has 1 aromatic carbocycles.